The maximum Gasteiger partial charge on any atom is 0.292 e. The van der Waals surface area contributed by atoms with Crippen molar-refractivity contribution in [2.24, 2.45) is 0 Å². The first kappa shape index (κ1) is 20.7. The normalized spacial score (nSPS) is 11.0. The van der Waals surface area contributed by atoms with E-state index in [0.717, 1.165) is 0 Å². The number of anilines is 1. The Labute approximate surface area is 161 Å². The lowest BCUT2D eigenvalue weighted by atomic mass is 10.2. The number of hydrogen-bond acceptors (Lipinski definition) is 6. The second kappa shape index (κ2) is 9.33. The second-order valence-corrected chi connectivity index (χ2v) is 8.04. The minimum atomic E-state index is -3.66. The monoisotopic (exact) mass is 411 g/mol. The van der Waals surface area contributed by atoms with Gasteiger partial charge in [0.1, 0.15) is 5.69 Å². The Hall–Kier alpha value is -2.65. The molecule has 2 rings (SSSR count). The Morgan fingerprint density at radius 3 is 2.44 bits per heavy atom. The standard InChI is InChI=1S/C17H18ClN3O5S/c18-13-5-1-4-8-16(13)27(25,26)12-9-17(22)20-11-10-19-14-6-2-3-7-15(14)21(23)24/h1-8,19H,9-12H2,(H,20,22). The number of nitrogens with one attached hydrogen (secondary N) is 2. The minimum Gasteiger partial charge on any atom is -0.378 e. The van der Waals surface area contributed by atoms with Crippen LogP contribution < -0.4 is 10.6 Å². The fraction of sp³-hybridized carbons (Fsp3) is 0.235. The molecule has 2 aromatic carbocycles. The Balaban J connectivity index is 1.79. The van der Waals surface area contributed by atoms with Crippen molar-refractivity contribution in [2.45, 2.75) is 11.3 Å². The molecule has 0 saturated heterocycles. The van der Waals surface area contributed by atoms with Crippen molar-refractivity contribution in [3.8, 4) is 0 Å². The number of nitro groups is 1. The Morgan fingerprint density at radius 2 is 1.74 bits per heavy atom. The van der Waals surface area contributed by atoms with Gasteiger partial charge in [-0.15, -0.1) is 0 Å². The molecule has 0 unspecified atom stereocenters. The molecule has 0 fully saturated rings. The van der Waals surface area contributed by atoms with Crippen molar-refractivity contribution in [2.75, 3.05) is 24.2 Å². The average Bonchev–Trinajstić information content (AvgIpc) is 2.64. The molecule has 0 aromatic heterocycles. The molecule has 0 saturated carbocycles. The van der Waals surface area contributed by atoms with Gasteiger partial charge in [-0.05, 0) is 18.2 Å². The summed E-state index contributed by atoms with van der Waals surface area (Å²) in [5.41, 5.74) is 0.285. The van der Waals surface area contributed by atoms with Crippen LogP contribution in [0.5, 0.6) is 0 Å². The summed E-state index contributed by atoms with van der Waals surface area (Å²) in [6.45, 7) is 0.449. The number of sulfone groups is 1. The number of hydrogen-bond donors (Lipinski definition) is 2. The first-order chi connectivity index (χ1) is 12.8. The number of carbonyl (C=O) groups excluding carboxylic acids is 1. The number of nitrogens with zero attached hydrogens (tertiary/aromatic N) is 1. The quantitative estimate of drug-likeness (QED) is 0.372. The molecule has 0 aliphatic rings. The fourth-order valence-corrected chi connectivity index (χ4v) is 4.12. The number of halogens is 1. The van der Waals surface area contributed by atoms with Crippen LogP contribution in [0.3, 0.4) is 0 Å². The molecule has 10 heteroatoms. The predicted octanol–water partition coefficient (Wildman–Crippen LogP) is 2.64. The van der Waals surface area contributed by atoms with Crippen LogP contribution in [0.1, 0.15) is 6.42 Å². The third-order valence-corrected chi connectivity index (χ3v) is 5.84. The Morgan fingerprint density at radius 1 is 1.07 bits per heavy atom. The zero-order valence-corrected chi connectivity index (χ0v) is 15.8. The molecule has 0 radical (unpaired) electrons. The highest BCUT2D eigenvalue weighted by atomic mass is 35.5. The molecule has 0 aliphatic carbocycles. The maximum absolute atomic E-state index is 12.2. The lowest BCUT2D eigenvalue weighted by Crippen LogP contribution is -2.30. The van der Waals surface area contributed by atoms with E-state index in [1.54, 1.807) is 30.3 Å². The van der Waals surface area contributed by atoms with Crippen molar-refractivity contribution >= 4 is 38.7 Å². The van der Waals surface area contributed by atoms with Crippen molar-refractivity contribution in [3.63, 3.8) is 0 Å². The molecule has 2 N–H and O–H groups in total. The lowest BCUT2D eigenvalue weighted by Gasteiger charge is -2.09. The Bertz CT molecular complexity index is 934. The highest BCUT2D eigenvalue weighted by molar-refractivity contribution is 7.91. The fourth-order valence-electron chi connectivity index (χ4n) is 2.30. The molecular formula is C17H18ClN3O5S. The molecule has 0 aliphatic heterocycles. The molecular weight excluding hydrogens is 394 g/mol. The SMILES string of the molecule is O=C(CCS(=O)(=O)c1ccccc1Cl)NCCNc1ccccc1[N+](=O)[O-]. The van der Waals surface area contributed by atoms with Gasteiger partial charge in [0.15, 0.2) is 9.84 Å². The van der Waals surface area contributed by atoms with Crippen LogP contribution in [0.4, 0.5) is 11.4 Å². The van der Waals surface area contributed by atoms with Gasteiger partial charge in [-0.2, -0.15) is 0 Å². The van der Waals surface area contributed by atoms with E-state index in [-0.39, 0.29) is 40.9 Å². The molecule has 0 atom stereocenters. The van der Waals surface area contributed by atoms with E-state index >= 15 is 0 Å². The van der Waals surface area contributed by atoms with E-state index in [4.69, 9.17) is 11.6 Å². The maximum atomic E-state index is 12.2. The molecule has 0 heterocycles. The average molecular weight is 412 g/mol. The van der Waals surface area contributed by atoms with Crippen LogP contribution in [0.25, 0.3) is 0 Å². The van der Waals surface area contributed by atoms with Crippen LogP contribution in [0.2, 0.25) is 5.02 Å². The van der Waals surface area contributed by atoms with Gasteiger partial charge in [0.05, 0.1) is 20.6 Å². The zero-order chi connectivity index (χ0) is 19.9. The summed E-state index contributed by atoms with van der Waals surface area (Å²) in [4.78, 5) is 22.3. The summed E-state index contributed by atoms with van der Waals surface area (Å²) in [6.07, 6.45) is -0.209. The summed E-state index contributed by atoms with van der Waals surface area (Å²) >= 11 is 5.88. The number of carbonyl (C=O) groups is 1. The van der Waals surface area contributed by atoms with E-state index in [1.165, 1.54) is 18.2 Å². The molecule has 0 bridgehead atoms. The Kier molecular flexibility index (Phi) is 7.14. The minimum absolute atomic E-state index is 0.00230. The van der Waals surface area contributed by atoms with E-state index in [1.807, 2.05) is 0 Å². The molecule has 8 nitrogen and oxygen atoms in total. The first-order valence-corrected chi connectivity index (χ1v) is 10.1. The highest BCUT2D eigenvalue weighted by Crippen LogP contribution is 2.23. The molecule has 27 heavy (non-hydrogen) atoms. The van der Waals surface area contributed by atoms with Gasteiger partial charge in [-0.25, -0.2) is 8.42 Å². The van der Waals surface area contributed by atoms with Crippen LogP contribution in [0.15, 0.2) is 53.4 Å². The van der Waals surface area contributed by atoms with E-state index in [2.05, 4.69) is 10.6 Å². The number of amides is 1. The van der Waals surface area contributed by atoms with E-state index in [0.29, 0.717) is 5.69 Å². The van der Waals surface area contributed by atoms with Gasteiger partial charge < -0.3 is 10.6 Å². The summed E-state index contributed by atoms with van der Waals surface area (Å²) in [5, 5.41) is 16.5. The van der Waals surface area contributed by atoms with E-state index < -0.39 is 20.7 Å². The van der Waals surface area contributed by atoms with Crippen LogP contribution in [0, 0.1) is 10.1 Å². The first-order valence-electron chi connectivity index (χ1n) is 8.02. The lowest BCUT2D eigenvalue weighted by molar-refractivity contribution is -0.384. The van der Waals surface area contributed by atoms with Crippen LogP contribution >= 0.6 is 11.6 Å². The summed E-state index contributed by atoms with van der Waals surface area (Å²) < 4.78 is 24.5. The highest BCUT2D eigenvalue weighted by Gasteiger charge is 2.19. The number of para-hydroxylation sites is 2. The van der Waals surface area contributed by atoms with Gasteiger partial charge in [0, 0.05) is 25.6 Å². The molecule has 144 valence electrons. The smallest absolute Gasteiger partial charge is 0.292 e. The van der Waals surface area contributed by atoms with Crippen molar-refractivity contribution in [1.82, 2.24) is 5.32 Å². The summed E-state index contributed by atoms with van der Waals surface area (Å²) in [7, 11) is -3.66. The molecule has 0 spiro atoms. The van der Waals surface area contributed by atoms with Gasteiger partial charge >= 0.3 is 0 Å². The van der Waals surface area contributed by atoms with Crippen LogP contribution in [-0.4, -0.2) is 38.1 Å². The number of benzene rings is 2. The summed E-state index contributed by atoms with van der Waals surface area (Å²) in [5.74, 6) is -0.796. The molecule has 2 aromatic rings. The van der Waals surface area contributed by atoms with E-state index in [9.17, 15) is 23.3 Å². The third kappa shape index (κ3) is 5.93. The van der Waals surface area contributed by atoms with Crippen molar-refractivity contribution < 1.29 is 18.1 Å². The third-order valence-electron chi connectivity index (χ3n) is 3.63. The van der Waals surface area contributed by atoms with Crippen molar-refractivity contribution in [3.05, 3.63) is 63.7 Å². The number of rotatable bonds is 9. The van der Waals surface area contributed by atoms with Gasteiger partial charge in [-0.1, -0.05) is 35.9 Å². The van der Waals surface area contributed by atoms with Crippen molar-refractivity contribution in [1.29, 1.82) is 0 Å². The largest absolute Gasteiger partial charge is 0.378 e. The summed E-state index contributed by atoms with van der Waals surface area (Å²) in [6, 6.07) is 12.2. The zero-order valence-electron chi connectivity index (χ0n) is 14.2. The molecule has 1 amide bonds. The van der Waals surface area contributed by atoms with Gasteiger partial charge in [0.25, 0.3) is 5.69 Å². The van der Waals surface area contributed by atoms with Gasteiger partial charge in [-0.3, -0.25) is 14.9 Å². The second-order valence-electron chi connectivity index (χ2n) is 5.55. The number of nitro benzene ring substituents is 1. The predicted molar refractivity (Wildman–Crippen MR) is 103 cm³/mol. The van der Waals surface area contributed by atoms with Gasteiger partial charge in [0.2, 0.25) is 5.91 Å². The topological polar surface area (TPSA) is 118 Å². The van der Waals surface area contributed by atoms with Crippen LogP contribution in [-0.2, 0) is 14.6 Å².